The Morgan fingerprint density at radius 3 is 2.11 bits per heavy atom. The maximum atomic E-state index is 6.42. The van der Waals surface area contributed by atoms with Crippen LogP contribution in [0.15, 0.2) is 71.9 Å². The van der Waals surface area contributed by atoms with Crippen molar-refractivity contribution in [3.63, 3.8) is 0 Å². The highest BCUT2D eigenvalue weighted by Gasteiger charge is 2.52. The quantitative estimate of drug-likeness (QED) is 0.685. The van der Waals surface area contributed by atoms with E-state index in [1.165, 1.54) is 38.7 Å². The topological polar surface area (TPSA) is 9.23 Å². The molecule has 0 unspecified atom stereocenters. The maximum Gasteiger partial charge on any atom is 0.252 e. The first-order chi connectivity index (χ1) is 12.8. The van der Waals surface area contributed by atoms with Gasteiger partial charge in [-0.2, -0.15) is 0 Å². The van der Waals surface area contributed by atoms with Crippen LogP contribution >= 0.6 is 0 Å². The monoisotopic (exact) mass is 352 g/mol. The van der Waals surface area contributed by atoms with E-state index in [0.29, 0.717) is 0 Å². The minimum absolute atomic E-state index is 0.0448. The van der Waals surface area contributed by atoms with E-state index in [2.05, 4.69) is 83.7 Å². The largest absolute Gasteiger partial charge is 0.458 e. The van der Waals surface area contributed by atoms with Gasteiger partial charge >= 0.3 is 0 Å². The summed E-state index contributed by atoms with van der Waals surface area (Å²) >= 11 is 0. The molecule has 0 aliphatic carbocycles. The first-order valence-corrected chi connectivity index (χ1v) is 9.83. The lowest BCUT2D eigenvalue weighted by atomic mass is 9.25. The number of ether oxygens (including phenoxy) is 1. The second kappa shape index (κ2) is 5.07. The normalized spacial score (nSPS) is 21.7. The molecular formula is C25H25BO. The fourth-order valence-corrected chi connectivity index (χ4v) is 5.77. The van der Waals surface area contributed by atoms with Gasteiger partial charge in [-0.1, -0.05) is 76.1 Å². The Morgan fingerprint density at radius 1 is 0.889 bits per heavy atom. The number of hydrogen-bond donors (Lipinski definition) is 0. The molecule has 0 saturated heterocycles. The summed E-state index contributed by atoms with van der Waals surface area (Å²) in [5.41, 5.74) is 9.64. The van der Waals surface area contributed by atoms with E-state index in [1.807, 2.05) is 6.08 Å². The van der Waals surface area contributed by atoms with Crippen LogP contribution < -0.4 is 15.7 Å². The van der Waals surface area contributed by atoms with E-state index in [4.69, 9.17) is 4.74 Å². The van der Waals surface area contributed by atoms with Crippen molar-refractivity contribution < 1.29 is 4.74 Å². The van der Waals surface area contributed by atoms with Gasteiger partial charge in [0, 0.05) is 10.8 Å². The molecule has 0 atom stereocenters. The lowest BCUT2D eigenvalue weighted by molar-refractivity contribution is 0.437. The van der Waals surface area contributed by atoms with Gasteiger partial charge in [-0.05, 0) is 52.3 Å². The van der Waals surface area contributed by atoms with Crippen LogP contribution in [0.25, 0.3) is 0 Å². The summed E-state index contributed by atoms with van der Waals surface area (Å²) in [6, 6.07) is 13.4. The highest BCUT2D eigenvalue weighted by Crippen LogP contribution is 2.48. The first-order valence-electron chi connectivity index (χ1n) is 9.83. The Labute approximate surface area is 162 Å². The summed E-state index contributed by atoms with van der Waals surface area (Å²) in [6.45, 7) is 15.8. The van der Waals surface area contributed by atoms with Crippen molar-refractivity contribution in [1.82, 2.24) is 0 Å². The van der Waals surface area contributed by atoms with Crippen molar-refractivity contribution in [2.45, 2.75) is 45.4 Å². The van der Waals surface area contributed by atoms with Gasteiger partial charge in [0.15, 0.2) is 0 Å². The van der Waals surface area contributed by atoms with Crippen LogP contribution in [0.1, 0.15) is 51.3 Å². The molecule has 0 bridgehead atoms. The predicted octanol–water partition coefficient (Wildman–Crippen LogP) is 4.54. The molecule has 1 nitrogen and oxygen atoms in total. The number of rotatable bonds is 1. The zero-order valence-electron chi connectivity index (χ0n) is 16.8. The molecule has 27 heavy (non-hydrogen) atoms. The first kappa shape index (κ1) is 16.7. The van der Waals surface area contributed by atoms with Gasteiger partial charge in [0.2, 0.25) is 0 Å². The lowest BCUT2D eigenvalue weighted by Crippen LogP contribution is -2.63. The Morgan fingerprint density at radius 2 is 1.48 bits per heavy atom. The zero-order valence-corrected chi connectivity index (χ0v) is 16.8. The smallest absolute Gasteiger partial charge is 0.252 e. The molecule has 3 aliphatic heterocycles. The van der Waals surface area contributed by atoms with Gasteiger partial charge in [-0.3, -0.25) is 0 Å². The van der Waals surface area contributed by atoms with Crippen molar-refractivity contribution in [2.24, 2.45) is 0 Å². The molecule has 5 rings (SSSR count). The third-order valence-corrected chi connectivity index (χ3v) is 6.98. The highest BCUT2D eigenvalue weighted by molar-refractivity contribution is 6.94. The van der Waals surface area contributed by atoms with Crippen LogP contribution in [0, 0.1) is 0 Å². The van der Waals surface area contributed by atoms with Gasteiger partial charge in [0.25, 0.3) is 6.71 Å². The summed E-state index contributed by atoms with van der Waals surface area (Å²) < 4.78 is 6.42. The molecule has 3 aliphatic rings. The van der Waals surface area contributed by atoms with E-state index < -0.39 is 0 Å². The lowest BCUT2D eigenvalue weighted by Gasteiger charge is -2.49. The minimum atomic E-state index is -0.0661. The molecule has 0 radical (unpaired) electrons. The van der Waals surface area contributed by atoms with Crippen molar-refractivity contribution in [3.05, 3.63) is 88.6 Å². The Bertz CT molecular complexity index is 1080. The van der Waals surface area contributed by atoms with E-state index in [9.17, 15) is 0 Å². The van der Waals surface area contributed by atoms with Gasteiger partial charge in [0.05, 0.1) is 0 Å². The van der Waals surface area contributed by atoms with E-state index >= 15 is 0 Å². The summed E-state index contributed by atoms with van der Waals surface area (Å²) in [7, 11) is 0. The standard InChI is InChI=1S/C25H25BO/c1-7-15-22-19(8-2)27-20-14-10-13-18-23(20)26(22)21-16(24(15,3)4)11-9-12-17(21)25(18,5)6/h7-14H,2H2,1,3-6H3/b15-7+. The van der Waals surface area contributed by atoms with Crippen LogP contribution in [0.4, 0.5) is 0 Å². The van der Waals surface area contributed by atoms with Crippen molar-refractivity contribution in [3.8, 4) is 5.75 Å². The third-order valence-electron chi connectivity index (χ3n) is 6.98. The van der Waals surface area contributed by atoms with Crippen LogP contribution in [0.5, 0.6) is 5.75 Å². The summed E-state index contributed by atoms with van der Waals surface area (Å²) in [5, 5.41) is 0. The number of benzene rings is 2. The fourth-order valence-electron chi connectivity index (χ4n) is 5.77. The van der Waals surface area contributed by atoms with Gasteiger partial charge in [-0.25, -0.2) is 0 Å². The molecule has 2 aromatic rings. The highest BCUT2D eigenvalue weighted by atomic mass is 16.5. The van der Waals surface area contributed by atoms with Crippen LogP contribution in [-0.4, -0.2) is 6.71 Å². The van der Waals surface area contributed by atoms with Crippen molar-refractivity contribution >= 4 is 17.6 Å². The molecular weight excluding hydrogens is 327 g/mol. The predicted molar refractivity (Wildman–Crippen MR) is 115 cm³/mol. The second-order valence-electron chi connectivity index (χ2n) is 8.95. The average Bonchev–Trinajstić information content (AvgIpc) is 2.65. The van der Waals surface area contributed by atoms with E-state index in [0.717, 1.165) is 11.5 Å². The molecule has 0 aromatic heterocycles. The molecule has 0 N–H and O–H groups in total. The molecule has 0 amide bonds. The average molecular weight is 352 g/mol. The molecule has 0 saturated carbocycles. The SMILES string of the molecule is C=CC1=C2B3c4c(cccc4C(C)(C)c4cccc(c43)C(C)(C)/C2=C/C)O1. The summed E-state index contributed by atoms with van der Waals surface area (Å²) in [4.78, 5) is 0. The number of allylic oxidation sites excluding steroid dienone is 4. The van der Waals surface area contributed by atoms with Crippen LogP contribution in [-0.2, 0) is 10.8 Å². The summed E-state index contributed by atoms with van der Waals surface area (Å²) in [5.74, 6) is 1.89. The number of hydrogen-bond acceptors (Lipinski definition) is 1. The van der Waals surface area contributed by atoms with Gasteiger partial charge in [-0.15, -0.1) is 0 Å². The molecule has 2 aromatic carbocycles. The Balaban J connectivity index is 2.03. The second-order valence-corrected chi connectivity index (χ2v) is 8.95. The van der Waals surface area contributed by atoms with Crippen LogP contribution in [0.2, 0.25) is 0 Å². The summed E-state index contributed by atoms with van der Waals surface area (Å²) in [6.07, 6.45) is 4.16. The minimum Gasteiger partial charge on any atom is -0.458 e. The van der Waals surface area contributed by atoms with Crippen molar-refractivity contribution in [1.29, 1.82) is 0 Å². The van der Waals surface area contributed by atoms with Crippen molar-refractivity contribution in [2.75, 3.05) is 0 Å². The van der Waals surface area contributed by atoms with E-state index in [1.54, 1.807) is 0 Å². The van der Waals surface area contributed by atoms with Gasteiger partial charge < -0.3 is 4.74 Å². The zero-order chi connectivity index (χ0) is 19.1. The molecule has 0 spiro atoms. The third kappa shape index (κ3) is 1.81. The molecule has 0 fully saturated rings. The fraction of sp³-hybridized carbons (Fsp3) is 0.280. The Hall–Kier alpha value is -2.48. The molecule has 2 heteroatoms. The van der Waals surface area contributed by atoms with Gasteiger partial charge in [0.1, 0.15) is 11.5 Å². The van der Waals surface area contributed by atoms with E-state index in [-0.39, 0.29) is 17.5 Å². The molecule has 134 valence electrons. The Kier molecular flexibility index (Phi) is 3.13. The molecule has 3 heterocycles. The maximum absolute atomic E-state index is 6.42. The van der Waals surface area contributed by atoms with Crippen LogP contribution in [0.3, 0.4) is 0 Å².